The number of para-hydroxylation sites is 2. The van der Waals surface area contributed by atoms with Crippen molar-refractivity contribution < 1.29 is 247 Å². The van der Waals surface area contributed by atoms with Crippen molar-refractivity contribution in [1.29, 1.82) is 0 Å². The molecular weight excluding hydrogens is 2060 g/mol. The van der Waals surface area contributed by atoms with Crippen molar-refractivity contribution in [1.82, 2.24) is 49.8 Å². The molecule has 6 N–H and O–H groups in total. The first-order chi connectivity index (χ1) is 48.5. The van der Waals surface area contributed by atoms with Crippen molar-refractivity contribution in [3.05, 3.63) is 342 Å². The molecule has 46 heteroatoms. The Labute approximate surface area is 859 Å². The molecule has 0 saturated carbocycles. The first-order valence-corrected chi connectivity index (χ1v) is 39.5. The molecule has 0 bridgehead atoms. The van der Waals surface area contributed by atoms with Crippen LogP contribution in [0.4, 0.5) is 34.6 Å². The molecule has 12 rings (SSSR count). The second kappa shape index (κ2) is 92.2. The largest absolute Gasteiger partial charge is 0.407 e. The van der Waals surface area contributed by atoms with E-state index in [4.69, 9.17) is 0 Å². The van der Waals surface area contributed by atoms with Gasteiger partial charge in [-0.1, -0.05) is 114 Å². The maximum atomic E-state index is 10.7. The minimum absolute atomic E-state index is 0. The van der Waals surface area contributed by atoms with Crippen molar-refractivity contribution in [2.45, 2.75) is 22.3 Å². The summed E-state index contributed by atoms with van der Waals surface area (Å²) in [7, 11) is -19.2. The third-order valence-electron chi connectivity index (χ3n) is 8.67. The van der Waals surface area contributed by atoms with Crippen molar-refractivity contribution >= 4 is 145 Å². The number of pyridine rings is 8. The summed E-state index contributed by atoms with van der Waals surface area (Å²) >= 11 is 0. The Morgan fingerprint density at radius 3 is 0.658 bits per heavy atom. The third kappa shape index (κ3) is 111. The zero-order chi connectivity index (χ0) is 75.4. The summed E-state index contributed by atoms with van der Waals surface area (Å²) in [5.41, 5.74) is 0.935. The molecule has 9 heterocycles. The van der Waals surface area contributed by atoms with E-state index in [2.05, 4.69) is 151 Å². The minimum atomic E-state index is -3.25. The molecule has 0 saturated heterocycles. The maximum Gasteiger partial charge on any atom is 0.229 e. The molecule has 0 fully saturated rings. The molecule has 0 aliphatic rings. The normalized spacial score (nSPS) is 8.67. The van der Waals surface area contributed by atoms with Crippen LogP contribution in [0.1, 0.15) is 22.3 Å². The molecule has 0 aliphatic carbocycles. The fourth-order valence-electron chi connectivity index (χ4n) is 5.20. The maximum absolute atomic E-state index is 10.7. The number of hydrogen-bond donors (Lipinski definition) is 6. The van der Waals surface area contributed by atoms with Crippen LogP contribution in [-0.4, -0.2) is 188 Å². The Kier molecular flexibility index (Phi) is 116. The van der Waals surface area contributed by atoms with Gasteiger partial charge >= 0.3 is 0 Å². The number of aromatic nitrogens is 10. The number of hydrogen-bond acceptors (Lipinski definition) is 22. The number of rotatable bonds is 12. The fraction of sp³-hybridized carbons (Fsp3) is 0.127. The van der Waals surface area contributed by atoms with Crippen molar-refractivity contribution in [3.8, 4) is 0 Å². The van der Waals surface area contributed by atoms with Crippen LogP contribution < -0.4 is 28.3 Å². The van der Waals surface area contributed by atoms with E-state index in [1.807, 2.05) is 91.0 Å². The topological polar surface area (TPSA) is 406 Å². The molecule has 117 heavy (non-hydrogen) atoms. The molecule has 12 aromatic rings. The summed E-state index contributed by atoms with van der Waals surface area (Å²) in [6, 6.07) is 82.0. The van der Waals surface area contributed by atoms with Gasteiger partial charge < -0.3 is 45.2 Å². The van der Waals surface area contributed by atoms with Crippen LogP contribution in [0.5, 0.6) is 0 Å². The molecule has 600 valence electrons. The van der Waals surface area contributed by atoms with Crippen LogP contribution in [0.25, 0.3) is 0 Å². The van der Waals surface area contributed by atoms with E-state index < -0.39 is 60.1 Å². The molecule has 0 amide bonds. The Morgan fingerprint density at radius 2 is 0.513 bits per heavy atom. The molecular formula is C71H80B6N16O12S6Y6-12. The number of anilines is 6. The van der Waals surface area contributed by atoms with Gasteiger partial charge in [0.15, 0.2) is 0 Å². The molecule has 9 aromatic heterocycles. The SMILES string of the molecule is C.C.C.CS(=O)(=O)Nc1[c-]cccc1.CS(=O)(=O)Nc1[c-]cccc1.CS(=O)(=O)Nc1[c-]cccn1.CS(=O)(=O)Nc1[c-]cccn1.CS(=O)(=O)Nc1[c-]cccn1.CS(=O)(=O)Nc1[c-]cncn1.[B].[B].[B].[B].[B].[B].[Y].[Y].[Y].[Y].[Y].[Y].[c-]1ccccc1.[c-]1ccccn1.[c-]1ccccn1.[c-]1cccnc1.[c-]1cccnc1.[c-]1cccnc1. The van der Waals surface area contributed by atoms with E-state index >= 15 is 0 Å². The fourth-order valence-corrected chi connectivity index (χ4v) is 8.11. The summed E-state index contributed by atoms with van der Waals surface area (Å²) < 4.78 is 141. The third-order valence-corrected chi connectivity index (χ3v) is 12.1. The van der Waals surface area contributed by atoms with E-state index in [0.29, 0.717) is 11.4 Å². The molecule has 0 unspecified atom stereocenters. The number of nitrogens with one attached hydrogen (secondary N) is 6. The van der Waals surface area contributed by atoms with Gasteiger partial charge in [-0.05, 0) is 5.82 Å². The molecule has 3 aromatic carbocycles. The van der Waals surface area contributed by atoms with Crippen LogP contribution in [0.3, 0.4) is 0 Å². The first kappa shape index (κ1) is 147. The van der Waals surface area contributed by atoms with Gasteiger partial charge in [0.1, 0.15) is 6.33 Å². The van der Waals surface area contributed by atoms with Crippen molar-refractivity contribution in [2.75, 3.05) is 65.9 Å². The van der Waals surface area contributed by atoms with E-state index in [9.17, 15) is 50.5 Å². The van der Waals surface area contributed by atoms with Gasteiger partial charge in [-0.15, -0.1) is 18.3 Å². The number of sulfonamides is 6. The van der Waals surface area contributed by atoms with E-state index in [0.717, 1.165) is 37.5 Å². The molecule has 0 spiro atoms. The van der Waals surface area contributed by atoms with Gasteiger partial charge in [0, 0.05) is 264 Å². The van der Waals surface area contributed by atoms with Crippen LogP contribution >= 0.6 is 0 Å². The second-order valence-corrected chi connectivity index (χ2v) is 28.5. The summed E-state index contributed by atoms with van der Waals surface area (Å²) in [6.45, 7) is 0. The number of benzene rings is 3. The van der Waals surface area contributed by atoms with Gasteiger partial charge in [-0.2, -0.15) is 158 Å². The van der Waals surface area contributed by atoms with Gasteiger partial charge in [0.05, 0.1) is 37.5 Å². The van der Waals surface area contributed by atoms with E-state index in [1.54, 1.807) is 147 Å². The smallest absolute Gasteiger partial charge is 0.229 e. The average molecular weight is 2140 g/mol. The quantitative estimate of drug-likeness (QED) is 0.0505. The molecule has 0 atom stereocenters. The second-order valence-electron chi connectivity index (χ2n) is 18.1. The standard InChI is InChI=1S/2C7H8NO2S.3C6H7N2O2S.C6H5.C5H6N3O2S.5C5H4N.3CH4.6B.6Y/c2*1-11(9,10)8-7-5-3-2-4-6-7;3*1-11(9,10)8-6-4-2-3-5-7-6;1-2-4-6-5-3-1;1-11(9,10)8-5-2-3-6-4-7-5;5*1-2-4-6-5-3-1;;;;;;;;;;;;;;;/h2*2-5,8H,1H3;3*2-3,5H,1H3,(H,7,8);1-5H;3-4H,1H3,(H,6,7,8);3*1-2,4-5H;2*1-4H;3*1H4;;;;;;;;;;;;/q12*-1;;;;;;;;;;;;;;;. The Balaban J connectivity index is -0.0000000743. The average Bonchev–Trinajstić information content (AvgIpc) is 0.947. The summed E-state index contributed by atoms with van der Waals surface area (Å²) in [6.07, 6.45) is 32.2. The molecule has 28 nitrogen and oxygen atoms in total. The van der Waals surface area contributed by atoms with Crippen LogP contribution in [0.2, 0.25) is 0 Å². The van der Waals surface area contributed by atoms with Crippen LogP contribution in [-0.2, 0) is 256 Å². The zero-order valence-electron chi connectivity index (χ0n) is 62.2. The summed E-state index contributed by atoms with van der Waals surface area (Å²) in [4.78, 5) is 36.8. The minimum Gasteiger partial charge on any atom is -0.407 e. The summed E-state index contributed by atoms with van der Waals surface area (Å²) in [5, 5.41) is 0. The van der Waals surface area contributed by atoms with Gasteiger partial charge in [-0.3, -0.25) is 39.1 Å². The van der Waals surface area contributed by atoms with Crippen molar-refractivity contribution in [2.24, 2.45) is 0 Å². The van der Waals surface area contributed by atoms with E-state index in [1.165, 1.54) is 31.1 Å². The Bertz CT molecular complexity index is 3780. The predicted molar refractivity (Wildman–Crippen MR) is 447 cm³/mol. The Morgan fingerprint density at radius 1 is 0.248 bits per heavy atom. The predicted octanol–water partition coefficient (Wildman–Crippen LogP) is 7.63. The molecule has 24 radical (unpaired) electrons. The van der Waals surface area contributed by atoms with Crippen LogP contribution in [0.15, 0.2) is 269 Å². The molecule has 0 aliphatic heterocycles. The summed E-state index contributed by atoms with van der Waals surface area (Å²) in [5.74, 6) is 0.808. The number of nitrogens with zero attached hydrogens (tertiary/aromatic N) is 10. The van der Waals surface area contributed by atoms with Crippen molar-refractivity contribution in [3.63, 3.8) is 0 Å². The monoisotopic (exact) mass is 2140 g/mol. The van der Waals surface area contributed by atoms with E-state index in [-0.39, 0.29) is 292 Å². The zero-order valence-corrected chi connectivity index (χ0v) is 84.1. The van der Waals surface area contributed by atoms with Crippen LogP contribution in [0, 0.1) is 73.1 Å². The first-order valence-electron chi connectivity index (χ1n) is 28.2. The van der Waals surface area contributed by atoms with Gasteiger partial charge in [-0.25, -0.2) is 123 Å². The van der Waals surface area contributed by atoms with Gasteiger partial charge in [0.25, 0.3) is 0 Å². The Hall–Kier alpha value is -4.55. The van der Waals surface area contributed by atoms with Gasteiger partial charge in [0.2, 0.25) is 60.1 Å².